The van der Waals surface area contributed by atoms with Crippen molar-refractivity contribution in [2.75, 3.05) is 41.8 Å². The maximum atomic E-state index is 15.1. The molecular weight excluding hydrogens is 471 g/mol. The van der Waals surface area contributed by atoms with Crippen LogP contribution in [0.25, 0.3) is 22.0 Å². The van der Waals surface area contributed by atoms with Gasteiger partial charge in [-0.1, -0.05) is 18.7 Å². The Morgan fingerprint density at radius 3 is 2.81 bits per heavy atom. The molecule has 5 rings (SSSR count). The van der Waals surface area contributed by atoms with Gasteiger partial charge in [0.05, 0.1) is 18.2 Å². The SMILES string of the molecule is C=CC(=O)Nc1cccc(-c2c(F)ccc3cnc(Nc4ccc(N5CCO[C@@H](CN)C5)cc4)nc23)c1. The number of amides is 1. The van der Waals surface area contributed by atoms with Gasteiger partial charge in [0.15, 0.2) is 0 Å². The predicted molar refractivity (Wildman–Crippen MR) is 144 cm³/mol. The van der Waals surface area contributed by atoms with Crippen LogP contribution >= 0.6 is 0 Å². The number of hydrogen-bond donors (Lipinski definition) is 3. The Morgan fingerprint density at radius 1 is 1.19 bits per heavy atom. The first-order valence-electron chi connectivity index (χ1n) is 12.0. The molecule has 4 N–H and O–H groups in total. The van der Waals surface area contributed by atoms with Crippen LogP contribution in [0.1, 0.15) is 0 Å². The molecule has 0 radical (unpaired) electrons. The zero-order valence-electron chi connectivity index (χ0n) is 20.2. The molecule has 1 aromatic heterocycles. The third kappa shape index (κ3) is 5.42. The lowest BCUT2D eigenvalue weighted by Crippen LogP contribution is -2.45. The van der Waals surface area contributed by atoms with Gasteiger partial charge in [0.25, 0.3) is 0 Å². The highest BCUT2D eigenvalue weighted by molar-refractivity contribution is 6.00. The van der Waals surface area contributed by atoms with Crippen LogP contribution in [0.2, 0.25) is 0 Å². The Hall–Kier alpha value is -4.34. The second kappa shape index (κ2) is 10.7. The minimum absolute atomic E-state index is 0.0334. The average molecular weight is 499 g/mol. The number of hydrogen-bond acceptors (Lipinski definition) is 7. The largest absolute Gasteiger partial charge is 0.373 e. The van der Waals surface area contributed by atoms with E-state index in [-0.39, 0.29) is 12.0 Å². The first kappa shape index (κ1) is 24.4. The molecule has 1 atom stereocenters. The summed E-state index contributed by atoms with van der Waals surface area (Å²) < 4.78 is 20.7. The van der Waals surface area contributed by atoms with Gasteiger partial charge in [0, 0.05) is 53.8 Å². The fraction of sp³-hybridized carbons (Fsp3) is 0.179. The van der Waals surface area contributed by atoms with Crippen LogP contribution in [0.3, 0.4) is 0 Å². The second-order valence-electron chi connectivity index (χ2n) is 8.67. The molecule has 1 aliphatic rings. The van der Waals surface area contributed by atoms with Crippen molar-refractivity contribution < 1.29 is 13.9 Å². The molecular formula is C28H27FN6O2. The minimum Gasteiger partial charge on any atom is -0.373 e. The van der Waals surface area contributed by atoms with Gasteiger partial charge in [-0.05, 0) is 60.2 Å². The number of fused-ring (bicyclic) bond motifs is 1. The van der Waals surface area contributed by atoms with Gasteiger partial charge in [-0.3, -0.25) is 4.79 Å². The Balaban J connectivity index is 1.42. The second-order valence-corrected chi connectivity index (χ2v) is 8.67. The molecule has 1 aliphatic heterocycles. The summed E-state index contributed by atoms with van der Waals surface area (Å²) in [5, 5.41) is 6.61. The number of rotatable bonds is 7. The summed E-state index contributed by atoms with van der Waals surface area (Å²) in [5.41, 5.74) is 9.55. The van der Waals surface area contributed by atoms with Gasteiger partial charge < -0.3 is 26.0 Å². The van der Waals surface area contributed by atoms with E-state index in [9.17, 15) is 4.79 Å². The molecule has 2 heterocycles. The predicted octanol–water partition coefficient (Wildman–Crippen LogP) is 4.47. The average Bonchev–Trinajstić information content (AvgIpc) is 2.93. The van der Waals surface area contributed by atoms with Crippen LogP contribution in [0, 0.1) is 5.82 Å². The third-order valence-corrected chi connectivity index (χ3v) is 6.20. The van der Waals surface area contributed by atoms with Crippen LogP contribution < -0.4 is 21.3 Å². The normalized spacial score (nSPS) is 15.4. The minimum atomic E-state index is -0.421. The van der Waals surface area contributed by atoms with E-state index >= 15 is 4.39 Å². The van der Waals surface area contributed by atoms with Crippen molar-refractivity contribution in [3.8, 4) is 11.1 Å². The van der Waals surface area contributed by atoms with Crippen molar-refractivity contribution in [2.24, 2.45) is 5.73 Å². The number of nitrogens with one attached hydrogen (secondary N) is 2. The number of nitrogens with zero attached hydrogens (tertiary/aromatic N) is 3. The summed E-state index contributed by atoms with van der Waals surface area (Å²) in [5.74, 6) is -0.420. The van der Waals surface area contributed by atoms with E-state index in [1.165, 1.54) is 12.1 Å². The highest BCUT2D eigenvalue weighted by atomic mass is 19.1. The fourth-order valence-electron chi connectivity index (χ4n) is 4.33. The van der Waals surface area contributed by atoms with Gasteiger partial charge in [-0.25, -0.2) is 14.4 Å². The molecule has 0 saturated carbocycles. The van der Waals surface area contributed by atoms with E-state index in [2.05, 4.69) is 32.1 Å². The molecule has 0 spiro atoms. The molecule has 1 amide bonds. The lowest BCUT2D eigenvalue weighted by molar-refractivity contribution is -0.111. The maximum Gasteiger partial charge on any atom is 0.247 e. The number of anilines is 4. The molecule has 3 aromatic carbocycles. The van der Waals surface area contributed by atoms with E-state index in [1.807, 2.05) is 24.3 Å². The molecule has 37 heavy (non-hydrogen) atoms. The zero-order chi connectivity index (χ0) is 25.8. The topological polar surface area (TPSA) is 105 Å². The summed E-state index contributed by atoms with van der Waals surface area (Å²) in [4.78, 5) is 23.0. The Morgan fingerprint density at radius 2 is 2.03 bits per heavy atom. The first-order chi connectivity index (χ1) is 18.0. The number of carbonyl (C=O) groups excluding carboxylic acids is 1. The van der Waals surface area contributed by atoms with Gasteiger partial charge in [0.2, 0.25) is 11.9 Å². The maximum absolute atomic E-state index is 15.1. The monoisotopic (exact) mass is 498 g/mol. The van der Waals surface area contributed by atoms with E-state index in [0.717, 1.165) is 24.5 Å². The van der Waals surface area contributed by atoms with Crippen LogP contribution in [-0.2, 0) is 9.53 Å². The Labute approximate surface area is 214 Å². The summed E-state index contributed by atoms with van der Waals surface area (Å²) in [6, 6.07) is 17.9. The number of ether oxygens (including phenoxy) is 1. The highest BCUT2D eigenvalue weighted by Crippen LogP contribution is 2.32. The molecule has 8 nitrogen and oxygen atoms in total. The van der Waals surface area contributed by atoms with Crippen molar-refractivity contribution in [1.82, 2.24) is 9.97 Å². The van der Waals surface area contributed by atoms with Gasteiger partial charge in [-0.2, -0.15) is 0 Å². The molecule has 0 aliphatic carbocycles. The van der Waals surface area contributed by atoms with Crippen molar-refractivity contribution in [2.45, 2.75) is 6.10 Å². The highest BCUT2D eigenvalue weighted by Gasteiger charge is 2.19. The quantitative estimate of drug-likeness (QED) is 0.323. The number of nitrogens with two attached hydrogens (primary N) is 1. The van der Waals surface area contributed by atoms with Crippen LogP contribution in [-0.4, -0.2) is 48.2 Å². The molecule has 1 fully saturated rings. The van der Waals surface area contributed by atoms with E-state index in [0.29, 0.717) is 46.8 Å². The summed E-state index contributed by atoms with van der Waals surface area (Å²) in [6.07, 6.45) is 2.87. The van der Waals surface area contributed by atoms with Crippen molar-refractivity contribution in [3.63, 3.8) is 0 Å². The van der Waals surface area contributed by atoms with Crippen molar-refractivity contribution >= 4 is 39.8 Å². The van der Waals surface area contributed by atoms with Crippen molar-refractivity contribution in [3.05, 3.63) is 85.3 Å². The van der Waals surface area contributed by atoms with Crippen LogP contribution in [0.4, 0.5) is 27.4 Å². The standard InChI is InChI=1S/C28H27FN6O2/c1-2-25(36)32-21-5-3-4-18(14-21)26-24(29)11-6-19-16-31-28(34-27(19)26)33-20-7-9-22(10-8-20)35-12-13-37-23(15-30)17-35/h2-11,14,16,23H,1,12-13,15,17,30H2,(H,32,36)(H,31,33,34)/t23-/m0/s1. The summed E-state index contributed by atoms with van der Waals surface area (Å²) in [6.45, 7) is 6.17. The van der Waals surface area contributed by atoms with E-state index in [1.54, 1.807) is 36.5 Å². The lowest BCUT2D eigenvalue weighted by atomic mass is 10.0. The zero-order valence-corrected chi connectivity index (χ0v) is 20.2. The van der Waals surface area contributed by atoms with Gasteiger partial charge in [-0.15, -0.1) is 0 Å². The van der Waals surface area contributed by atoms with Crippen LogP contribution in [0.15, 0.2) is 79.5 Å². The first-order valence-corrected chi connectivity index (χ1v) is 12.0. The van der Waals surface area contributed by atoms with E-state index < -0.39 is 5.82 Å². The van der Waals surface area contributed by atoms with Crippen molar-refractivity contribution in [1.29, 1.82) is 0 Å². The Kier molecular flexibility index (Phi) is 7.07. The summed E-state index contributed by atoms with van der Waals surface area (Å²) in [7, 11) is 0. The number of aromatic nitrogens is 2. The molecule has 0 bridgehead atoms. The number of halogens is 1. The molecule has 4 aromatic rings. The molecule has 9 heteroatoms. The lowest BCUT2D eigenvalue weighted by Gasteiger charge is -2.34. The molecule has 0 unspecified atom stereocenters. The van der Waals surface area contributed by atoms with E-state index in [4.69, 9.17) is 10.5 Å². The number of benzene rings is 3. The van der Waals surface area contributed by atoms with Gasteiger partial charge >= 0.3 is 0 Å². The third-order valence-electron chi connectivity index (χ3n) is 6.20. The Bertz CT molecular complexity index is 1440. The smallest absolute Gasteiger partial charge is 0.247 e. The number of morpholine rings is 1. The van der Waals surface area contributed by atoms with Crippen LogP contribution in [0.5, 0.6) is 0 Å². The summed E-state index contributed by atoms with van der Waals surface area (Å²) >= 11 is 0. The fourth-order valence-corrected chi connectivity index (χ4v) is 4.33. The molecule has 188 valence electrons. The number of carbonyl (C=O) groups is 1. The van der Waals surface area contributed by atoms with Gasteiger partial charge in [0.1, 0.15) is 5.82 Å². The molecule has 1 saturated heterocycles.